The minimum Gasteiger partial charge on any atom is -0.480 e. The molecule has 0 bridgehead atoms. The number of carboxylic acid groups (broad SMARTS) is 1. The Morgan fingerprint density at radius 3 is 1.73 bits per heavy atom. The van der Waals surface area contributed by atoms with Gasteiger partial charge in [0.05, 0.1) is 13.2 Å². The number of rotatable bonds is 10. The van der Waals surface area contributed by atoms with Gasteiger partial charge in [-0.1, -0.05) is 6.92 Å². The Labute approximate surface area is 133 Å². The van der Waals surface area contributed by atoms with Crippen molar-refractivity contribution in [1.29, 1.82) is 0 Å². The standard InChI is InChI=1S/C6H13NO2S.C6H14O6/c1-2-10-4-3-5(7)6(8)9;7-1-3(9)5(11)6(12)4(10)2-8/h5H,2-4,7H2,1H3,(H,8,9);3-12H,1-2H2/t;3-,4-,5-,6-/m.1/s1. The lowest BCUT2D eigenvalue weighted by Gasteiger charge is -2.24. The van der Waals surface area contributed by atoms with Crippen LogP contribution in [0.15, 0.2) is 0 Å². The van der Waals surface area contributed by atoms with E-state index in [9.17, 15) is 4.79 Å². The Kier molecular flexibility index (Phi) is 15.3. The van der Waals surface area contributed by atoms with Crippen LogP contribution in [0.25, 0.3) is 0 Å². The van der Waals surface area contributed by atoms with Crippen molar-refractivity contribution in [1.82, 2.24) is 0 Å². The number of hydrogen-bond acceptors (Lipinski definition) is 9. The highest BCUT2D eigenvalue weighted by atomic mass is 32.2. The van der Waals surface area contributed by atoms with Gasteiger partial charge in [0.15, 0.2) is 0 Å². The smallest absolute Gasteiger partial charge is 0.320 e. The molecule has 0 heterocycles. The van der Waals surface area contributed by atoms with Crippen LogP contribution in [0, 0.1) is 0 Å². The Balaban J connectivity index is 0. The van der Waals surface area contributed by atoms with Crippen molar-refractivity contribution in [2.45, 2.75) is 43.8 Å². The average molecular weight is 345 g/mol. The first-order valence-electron chi connectivity index (χ1n) is 6.72. The van der Waals surface area contributed by atoms with Gasteiger partial charge in [-0.15, -0.1) is 0 Å². The van der Waals surface area contributed by atoms with E-state index in [1.807, 2.05) is 6.92 Å². The quantitative estimate of drug-likeness (QED) is 0.189. The molecule has 0 aliphatic carbocycles. The molecule has 0 aromatic heterocycles. The van der Waals surface area contributed by atoms with E-state index in [0.29, 0.717) is 6.42 Å². The lowest BCUT2D eigenvalue weighted by atomic mass is 10.0. The van der Waals surface area contributed by atoms with Crippen LogP contribution in [0.3, 0.4) is 0 Å². The molecule has 0 aliphatic heterocycles. The number of hydrogen-bond donors (Lipinski definition) is 8. The van der Waals surface area contributed by atoms with Crippen molar-refractivity contribution >= 4 is 17.7 Å². The number of aliphatic carboxylic acids is 1. The van der Waals surface area contributed by atoms with Gasteiger partial charge in [0, 0.05) is 0 Å². The Bertz CT molecular complexity index is 270. The summed E-state index contributed by atoms with van der Waals surface area (Å²) in [5.74, 6) is 0.952. The first-order valence-corrected chi connectivity index (χ1v) is 7.88. The summed E-state index contributed by atoms with van der Waals surface area (Å²) in [4.78, 5) is 10.2. The topological polar surface area (TPSA) is 185 Å². The number of aliphatic hydroxyl groups is 6. The second-order valence-corrected chi connectivity index (χ2v) is 5.81. The summed E-state index contributed by atoms with van der Waals surface area (Å²) in [5.41, 5.74) is 5.24. The molecule has 0 radical (unpaired) electrons. The van der Waals surface area contributed by atoms with Gasteiger partial charge >= 0.3 is 5.97 Å². The highest BCUT2D eigenvalue weighted by Crippen LogP contribution is 2.04. The number of carboxylic acids is 1. The summed E-state index contributed by atoms with van der Waals surface area (Å²) in [6.45, 7) is 0.587. The molecule has 9 N–H and O–H groups in total. The first-order chi connectivity index (χ1) is 10.2. The summed E-state index contributed by atoms with van der Waals surface area (Å²) in [7, 11) is 0. The summed E-state index contributed by atoms with van der Waals surface area (Å²) in [6, 6.07) is -0.681. The first kappa shape index (κ1) is 23.8. The van der Waals surface area contributed by atoms with E-state index in [-0.39, 0.29) is 0 Å². The van der Waals surface area contributed by atoms with E-state index in [0.717, 1.165) is 11.5 Å². The molecule has 10 heteroatoms. The second kappa shape index (κ2) is 14.2. The predicted molar refractivity (Wildman–Crippen MR) is 81.4 cm³/mol. The van der Waals surface area contributed by atoms with Gasteiger partial charge in [-0.25, -0.2) is 0 Å². The number of nitrogens with two attached hydrogens (primary N) is 1. The molecule has 22 heavy (non-hydrogen) atoms. The number of thioether (sulfide) groups is 1. The molecule has 5 atom stereocenters. The highest BCUT2D eigenvalue weighted by Gasteiger charge is 2.29. The lowest BCUT2D eigenvalue weighted by Crippen LogP contribution is -2.46. The maximum Gasteiger partial charge on any atom is 0.320 e. The van der Waals surface area contributed by atoms with Gasteiger partial charge in [0.2, 0.25) is 0 Å². The zero-order valence-corrected chi connectivity index (χ0v) is 13.3. The third kappa shape index (κ3) is 11.2. The van der Waals surface area contributed by atoms with E-state index in [1.54, 1.807) is 11.8 Å². The average Bonchev–Trinajstić information content (AvgIpc) is 2.52. The van der Waals surface area contributed by atoms with Crippen molar-refractivity contribution in [2.75, 3.05) is 24.7 Å². The zero-order valence-electron chi connectivity index (χ0n) is 12.4. The van der Waals surface area contributed by atoms with E-state index in [2.05, 4.69) is 0 Å². The Hall–Kier alpha value is -0.460. The molecule has 1 unspecified atom stereocenters. The van der Waals surface area contributed by atoms with Crippen LogP contribution in [0.5, 0.6) is 0 Å². The van der Waals surface area contributed by atoms with Crippen LogP contribution in [0.4, 0.5) is 0 Å². The highest BCUT2D eigenvalue weighted by molar-refractivity contribution is 7.99. The monoisotopic (exact) mass is 345 g/mol. The Morgan fingerprint density at radius 1 is 1.05 bits per heavy atom. The molecular formula is C12H27NO8S. The van der Waals surface area contributed by atoms with Gasteiger partial charge in [-0.3, -0.25) is 4.79 Å². The van der Waals surface area contributed by atoms with Crippen LogP contribution in [-0.4, -0.2) is 96.9 Å². The van der Waals surface area contributed by atoms with Gasteiger partial charge in [-0.2, -0.15) is 11.8 Å². The molecule has 0 aliphatic rings. The van der Waals surface area contributed by atoms with Gasteiger partial charge in [-0.05, 0) is 17.9 Å². The van der Waals surface area contributed by atoms with E-state index >= 15 is 0 Å². The zero-order chi connectivity index (χ0) is 17.7. The molecule has 0 rings (SSSR count). The largest absolute Gasteiger partial charge is 0.480 e. The van der Waals surface area contributed by atoms with Crippen molar-refractivity contribution in [2.24, 2.45) is 5.73 Å². The third-order valence-corrected chi connectivity index (χ3v) is 3.54. The maximum atomic E-state index is 10.2. The second-order valence-electron chi connectivity index (χ2n) is 4.41. The van der Waals surface area contributed by atoms with Gasteiger partial charge in [0.25, 0.3) is 0 Å². The van der Waals surface area contributed by atoms with Crippen LogP contribution >= 0.6 is 11.8 Å². The molecule has 0 fully saturated rings. The fraction of sp³-hybridized carbons (Fsp3) is 0.917. The van der Waals surface area contributed by atoms with E-state index < -0.39 is 49.6 Å². The van der Waals surface area contributed by atoms with E-state index in [1.165, 1.54) is 0 Å². The third-order valence-electron chi connectivity index (χ3n) is 2.61. The summed E-state index contributed by atoms with van der Waals surface area (Å²) in [5, 5.41) is 60.5. The molecule has 0 aromatic carbocycles. The minimum atomic E-state index is -1.67. The predicted octanol–water partition coefficient (Wildman–Crippen LogP) is -3.04. The van der Waals surface area contributed by atoms with Crippen molar-refractivity contribution < 1.29 is 40.5 Å². The van der Waals surface area contributed by atoms with Gasteiger partial charge in [0.1, 0.15) is 30.5 Å². The van der Waals surface area contributed by atoms with Crippen LogP contribution in [0.2, 0.25) is 0 Å². The lowest BCUT2D eigenvalue weighted by molar-refractivity contribution is -0.138. The van der Waals surface area contributed by atoms with Crippen LogP contribution in [0.1, 0.15) is 13.3 Å². The fourth-order valence-electron chi connectivity index (χ4n) is 1.15. The number of carbonyl (C=O) groups is 1. The molecule has 0 saturated heterocycles. The molecule has 134 valence electrons. The van der Waals surface area contributed by atoms with Crippen molar-refractivity contribution in [3.05, 3.63) is 0 Å². The van der Waals surface area contributed by atoms with Gasteiger partial charge < -0.3 is 41.5 Å². The molecule has 0 amide bonds. The minimum absolute atomic E-state index is 0.563. The maximum absolute atomic E-state index is 10.2. The van der Waals surface area contributed by atoms with Crippen molar-refractivity contribution in [3.8, 4) is 0 Å². The van der Waals surface area contributed by atoms with Crippen molar-refractivity contribution in [3.63, 3.8) is 0 Å². The SMILES string of the molecule is CCSCCC(N)C(=O)O.OC[C@@H](O)[C@@H](O)[C@H](O)[C@H](O)CO. The summed E-state index contributed by atoms with van der Waals surface area (Å²) < 4.78 is 0. The summed E-state index contributed by atoms with van der Waals surface area (Å²) in [6.07, 6.45) is -5.83. The molecule has 0 saturated carbocycles. The van der Waals surface area contributed by atoms with Crippen LogP contribution < -0.4 is 5.73 Å². The van der Waals surface area contributed by atoms with E-state index in [4.69, 9.17) is 41.5 Å². The normalized spacial score (nSPS) is 17.6. The molecule has 0 spiro atoms. The van der Waals surface area contributed by atoms with Crippen LogP contribution in [-0.2, 0) is 4.79 Å². The fourth-order valence-corrected chi connectivity index (χ4v) is 1.86. The Morgan fingerprint density at radius 2 is 1.45 bits per heavy atom. The summed E-state index contributed by atoms with van der Waals surface area (Å²) >= 11 is 1.71. The number of aliphatic hydroxyl groups excluding tert-OH is 6. The molecule has 9 nitrogen and oxygen atoms in total. The molecule has 0 aromatic rings. The molecular weight excluding hydrogens is 318 g/mol.